The number of aromatic nitrogens is 2. The molecule has 0 aliphatic carbocycles. The fourth-order valence-corrected chi connectivity index (χ4v) is 3.09. The van der Waals surface area contributed by atoms with Crippen LogP contribution >= 0.6 is 15.9 Å². The van der Waals surface area contributed by atoms with Crippen molar-refractivity contribution in [1.29, 1.82) is 0 Å². The number of hydrogen-bond donors (Lipinski definition) is 2. The summed E-state index contributed by atoms with van der Waals surface area (Å²) >= 11 is 3.23. The maximum absolute atomic E-state index is 12.3. The highest BCUT2D eigenvalue weighted by Crippen LogP contribution is 2.32. The molecule has 112 valence electrons. The Balaban J connectivity index is 2.29. The molecule has 2 aromatic rings. The Labute approximate surface area is 130 Å². The van der Waals surface area contributed by atoms with Crippen molar-refractivity contribution in [2.24, 2.45) is 0 Å². The lowest BCUT2D eigenvalue weighted by Gasteiger charge is -2.12. The van der Waals surface area contributed by atoms with Crippen molar-refractivity contribution in [3.63, 3.8) is 0 Å². The number of halogens is 1. The van der Waals surface area contributed by atoms with Crippen molar-refractivity contribution < 1.29 is 13.2 Å². The topological polar surface area (TPSA) is 107 Å². The fraction of sp³-hybridized carbons (Fsp3) is 0.167. The van der Waals surface area contributed by atoms with Crippen molar-refractivity contribution in [1.82, 2.24) is 14.7 Å². The second kappa shape index (κ2) is 6.37. The molecule has 0 radical (unpaired) electrons. The van der Waals surface area contributed by atoms with Gasteiger partial charge in [0.25, 0.3) is 0 Å². The van der Waals surface area contributed by atoms with Gasteiger partial charge in [0.05, 0.1) is 19.3 Å². The lowest BCUT2D eigenvalue weighted by molar-refractivity contribution is 0.402. The van der Waals surface area contributed by atoms with Crippen molar-refractivity contribution in [2.45, 2.75) is 11.4 Å². The van der Waals surface area contributed by atoms with Crippen LogP contribution in [0.5, 0.6) is 5.75 Å². The van der Waals surface area contributed by atoms with E-state index in [1.165, 1.54) is 31.8 Å². The molecule has 0 saturated carbocycles. The van der Waals surface area contributed by atoms with E-state index in [4.69, 9.17) is 10.5 Å². The maximum atomic E-state index is 12.3. The van der Waals surface area contributed by atoms with E-state index in [0.717, 1.165) is 0 Å². The highest BCUT2D eigenvalue weighted by molar-refractivity contribution is 9.10. The molecule has 21 heavy (non-hydrogen) atoms. The number of anilines is 1. The third-order valence-electron chi connectivity index (χ3n) is 2.66. The summed E-state index contributed by atoms with van der Waals surface area (Å²) in [6, 6.07) is 4.47. The molecule has 3 N–H and O–H groups in total. The Morgan fingerprint density at radius 2 is 2.19 bits per heavy atom. The molecule has 1 aromatic carbocycles. The number of nitrogens with zero attached hydrogens (tertiary/aromatic N) is 2. The molecular formula is C12H13BrN4O3S. The highest BCUT2D eigenvalue weighted by Gasteiger charge is 2.21. The van der Waals surface area contributed by atoms with Crippen molar-refractivity contribution in [3.05, 3.63) is 40.9 Å². The van der Waals surface area contributed by atoms with E-state index < -0.39 is 10.0 Å². The van der Waals surface area contributed by atoms with Crippen molar-refractivity contribution >= 4 is 31.6 Å². The molecule has 9 heteroatoms. The molecule has 0 atom stereocenters. The van der Waals surface area contributed by atoms with E-state index in [1.807, 2.05) is 0 Å². The van der Waals surface area contributed by atoms with Crippen LogP contribution in [-0.2, 0) is 16.6 Å². The van der Waals surface area contributed by atoms with Gasteiger partial charge in [0.15, 0.2) is 0 Å². The van der Waals surface area contributed by atoms with Gasteiger partial charge in [-0.05, 0) is 34.1 Å². The number of nitrogens with one attached hydrogen (secondary N) is 1. The van der Waals surface area contributed by atoms with Gasteiger partial charge < -0.3 is 10.5 Å². The van der Waals surface area contributed by atoms with Crippen molar-refractivity contribution in [2.75, 3.05) is 12.8 Å². The predicted octanol–water partition coefficient (Wildman–Crippen LogP) is 1.31. The van der Waals surface area contributed by atoms with Crippen LogP contribution in [0.15, 0.2) is 40.1 Å². The van der Waals surface area contributed by atoms with Gasteiger partial charge in [-0.2, -0.15) is 0 Å². The third kappa shape index (κ3) is 3.69. The number of sulfonamides is 1. The smallest absolute Gasteiger partial charge is 0.244 e. The summed E-state index contributed by atoms with van der Waals surface area (Å²) in [6.45, 7) is 0.0456. The van der Waals surface area contributed by atoms with E-state index in [-0.39, 0.29) is 17.2 Å². The summed E-state index contributed by atoms with van der Waals surface area (Å²) in [7, 11) is -2.39. The van der Waals surface area contributed by atoms with E-state index in [0.29, 0.717) is 15.9 Å². The lowest BCUT2D eigenvalue weighted by atomic mass is 10.3. The Bertz CT molecular complexity index is 738. The number of benzene rings is 1. The number of nitrogens with two attached hydrogens (primary N) is 1. The normalized spacial score (nSPS) is 11.3. The number of methoxy groups -OCH3 is 1. The minimum Gasteiger partial charge on any atom is -0.495 e. The second-order valence-corrected chi connectivity index (χ2v) is 6.64. The molecule has 7 nitrogen and oxygen atoms in total. The fourth-order valence-electron chi connectivity index (χ4n) is 1.59. The maximum Gasteiger partial charge on any atom is 0.244 e. The molecule has 2 rings (SSSR count). The molecule has 0 bridgehead atoms. The molecule has 0 aliphatic rings. The van der Waals surface area contributed by atoms with Crippen molar-refractivity contribution in [3.8, 4) is 5.75 Å². The van der Waals surface area contributed by atoms with E-state index >= 15 is 0 Å². The van der Waals surface area contributed by atoms with Gasteiger partial charge in [-0.1, -0.05) is 0 Å². The van der Waals surface area contributed by atoms with Crippen LogP contribution in [0.4, 0.5) is 5.69 Å². The first-order valence-corrected chi connectivity index (χ1v) is 8.09. The van der Waals surface area contributed by atoms with Gasteiger partial charge >= 0.3 is 0 Å². The van der Waals surface area contributed by atoms with Crippen LogP contribution in [0.2, 0.25) is 0 Å². The van der Waals surface area contributed by atoms with Crippen LogP contribution in [0, 0.1) is 0 Å². The summed E-state index contributed by atoms with van der Waals surface area (Å²) in [4.78, 5) is 7.69. The highest BCUT2D eigenvalue weighted by atomic mass is 79.9. The summed E-state index contributed by atoms with van der Waals surface area (Å²) in [5.74, 6) is 0.200. The van der Waals surface area contributed by atoms with Crippen LogP contribution in [0.25, 0.3) is 0 Å². The van der Waals surface area contributed by atoms with Crippen LogP contribution in [-0.4, -0.2) is 25.5 Å². The third-order valence-corrected chi connectivity index (χ3v) is 4.77. The standard InChI is InChI=1S/C12H13BrN4O3S/c1-20-11-4-9(13)10(14)5-12(11)21(18,19)17-6-8-2-3-15-7-16-8/h2-5,7,17H,6,14H2,1H3. The van der Waals surface area contributed by atoms with Gasteiger partial charge in [-0.3, -0.25) is 0 Å². The van der Waals surface area contributed by atoms with E-state index in [1.54, 1.807) is 6.07 Å². The second-order valence-electron chi connectivity index (χ2n) is 4.05. The van der Waals surface area contributed by atoms with Crippen LogP contribution in [0.1, 0.15) is 5.69 Å². The molecule has 1 aromatic heterocycles. The first-order valence-electron chi connectivity index (χ1n) is 5.81. The van der Waals surface area contributed by atoms with Crippen LogP contribution < -0.4 is 15.2 Å². The monoisotopic (exact) mass is 372 g/mol. The molecule has 0 spiro atoms. The number of nitrogen functional groups attached to an aromatic ring is 1. The Morgan fingerprint density at radius 3 is 2.81 bits per heavy atom. The molecule has 0 fully saturated rings. The number of ether oxygens (including phenoxy) is 1. The summed E-state index contributed by atoms with van der Waals surface area (Å²) in [5.41, 5.74) is 6.59. The minimum absolute atomic E-state index is 0.0280. The molecular weight excluding hydrogens is 360 g/mol. The first kappa shape index (κ1) is 15.7. The van der Waals surface area contributed by atoms with Gasteiger partial charge in [-0.25, -0.2) is 23.1 Å². The average molecular weight is 373 g/mol. The summed E-state index contributed by atoms with van der Waals surface area (Å²) in [6.07, 6.45) is 2.89. The Hall–Kier alpha value is -1.71. The molecule has 0 amide bonds. The van der Waals surface area contributed by atoms with Crippen LogP contribution in [0.3, 0.4) is 0 Å². The predicted molar refractivity (Wildman–Crippen MR) is 81.2 cm³/mol. The number of rotatable bonds is 5. The zero-order valence-electron chi connectivity index (χ0n) is 11.1. The SMILES string of the molecule is COc1cc(Br)c(N)cc1S(=O)(=O)NCc1ccncn1. The largest absolute Gasteiger partial charge is 0.495 e. The zero-order valence-corrected chi connectivity index (χ0v) is 13.5. The molecule has 0 saturated heterocycles. The Kier molecular flexibility index (Phi) is 4.76. The van der Waals surface area contributed by atoms with Gasteiger partial charge in [0.2, 0.25) is 10.0 Å². The number of hydrogen-bond acceptors (Lipinski definition) is 6. The summed E-state index contributed by atoms with van der Waals surface area (Å²) < 4.78 is 32.8. The lowest BCUT2D eigenvalue weighted by Crippen LogP contribution is -2.24. The molecule has 0 aliphatic heterocycles. The first-order chi connectivity index (χ1) is 9.94. The van der Waals surface area contributed by atoms with Gasteiger partial charge in [0.1, 0.15) is 17.0 Å². The van der Waals surface area contributed by atoms with E-state index in [9.17, 15) is 8.42 Å². The summed E-state index contributed by atoms with van der Waals surface area (Å²) in [5, 5.41) is 0. The van der Waals surface area contributed by atoms with Gasteiger partial charge in [0, 0.05) is 16.4 Å². The minimum atomic E-state index is -3.78. The zero-order chi connectivity index (χ0) is 15.5. The Morgan fingerprint density at radius 1 is 1.43 bits per heavy atom. The molecule has 1 heterocycles. The quantitative estimate of drug-likeness (QED) is 0.766. The van der Waals surface area contributed by atoms with Gasteiger partial charge in [-0.15, -0.1) is 0 Å². The van der Waals surface area contributed by atoms with E-state index in [2.05, 4.69) is 30.6 Å². The average Bonchev–Trinajstić information content (AvgIpc) is 2.48. The molecule has 0 unspecified atom stereocenters.